The number of fused-ring (bicyclic) bond motifs is 2. The van der Waals surface area contributed by atoms with E-state index in [4.69, 9.17) is 0 Å². The number of hydrogen-bond donors (Lipinski definition) is 2. The SMILES string of the molecule is O[C@]12CCCC[C@H]1[C@@H](c1ccc3ccccc3c1)NCC2. The fourth-order valence-electron chi connectivity index (χ4n) is 4.37. The van der Waals surface area contributed by atoms with Crippen molar-refractivity contribution in [2.24, 2.45) is 5.92 Å². The van der Waals surface area contributed by atoms with Gasteiger partial charge >= 0.3 is 0 Å². The highest BCUT2D eigenvalue weighted by Crippen LogP contribution is 2.45. The van der Waals surface area contributed by atoms with Gasteiger partial charge in [-0.1, -0.05) is 49.2 Å². The van der Waals surface area contributed by atoms with Crippen LogP contribution in [0.25, 0.3) is 10.8 Å². The molecule has 3 atom stereocenters. The van der Waals surface area contributed by atoms with Crippen molar-refractivity contribution >= 4 is 10.8 Å². The molecule has 2 aromatic carbocycles. The lowest BCUT2D eigenvalue weighted by Gasteiger charge is -2.48. The van der Waals surface area contributed by atoms with Crippen molar-refractivity contribution in [3.8, 4) is 0 Å². The van der Waals surface area contributed by atoms with E-state index in [0.717, 1.165) is 25.8 Å². The van der Waals surface area contributed by atoms with Gasteiger partial charge in [0.05, 0.1) is 5.60 Å². The van der Waals surface area contributed by atoms with Crippen LogP contribution in [0.1, 0.15) is 43.7 Å². The van der Waals surface area contributed by atoms with Crippen LogP contribution in [0.3, 0.4) is 0 Å². The lowest BCUT2D eigenvalue weighted by atomic mass is 9.67. The quantitative estimate of drug-likeness (QED) is 0.833. The van der Waals surface area contributed by atoms with E-state index in [1.165, 1.54) is 29.2 Å². The van der Waals surface area contributed by atoms with Gasteiger partial charge in [-0.3, -0.25) is 0 Å². The standard InChI is InChI=1S/C19H23NO/c21-19-10-4-3-7-17(19)18(20-12-11-19)16-9-8-14-5-1-2-6-15(14)13-16/h1-2,5-6,8-9,13,17-18,20-21H,3-4,7,10-12H2/t17-,18+,19-/m0/s1. The predicted molar refractivity (Wildman–Crippen MR) is 86.2 cm³/mol. The number of aliphatic hydroxyl groups is 1. The molecule has 110 valence electrons. The van der Waals surface area contributed by atoms with Gasteiger partial charge in [-0.15, -0.1) is 0 Å². The molecule has 21 heavy (non-hydrogen) atoms. The van der Waals surface area contributed by atoms with Gasteiger partial charge < -0.3 is 10.4 Å². The number of rotatable bonds is 1. The Kier molecular flexibility index (Phi) is 3.24. The summed E-state index contributed by atoms with van der Waals surface area (Å²) in [6.45, 7) is 0.921. The summed E-state index contributed by atoms with van der Waals surface area (Å²) in [5.41, 5.74) is 0.888. The van der Waals surface area contributed by atoms with Gasteiger partial charge in [-0.2, -0.15) is 0 Å². The minimum absolute atomic E-state index is 0.300. The first kappa shape index (κ1) is 13.3. The number of piperidine rings is 1. The fraction of sp³-hybridized carbons (Fsp3) is 0.474. The van der Waals surface area contributed by atoms with Crippen molar-refractivity contribution in [1.82, 2.24) is 5.32 Å². The first-order valence-electron chi connectivity index (χ1n) is 8.21. The van der Waals surface area contributed by atoms with Crippen LogP contribution in [0, 0.1) is 5.92 Å². The molecule has 2 aromatic rings. The molecule has 1 saturated heterocycles. The summed E-state index contributed by atoms with van der Waals surface area (Å²) in [5, 5.41) is 17.2. The predicted octanol–water partition coefficient (Wildman–Crippen LogP) is 3.80. The Morgan fingerprint density at radius 3 is 2.76 bits per heavy atom. The fourth-order valence-corrected chi connectivity index (χ4v) is 4.37. The molecular weight excluding hydrogens is 258 g/mol. The molecule has 0 aromatic heterocycles. The van der Waals surface area contributed by atoms with Crippen molar-refractivity contribution < 1.29 is 5.11 Å². The maximum atomic E-state index is 11.0. The molecule has 1 aliphatic carbocycles. The van der Waals surface area contributed by atoms with Gasteiger partial charge in [0.2, 0.25) is 0 Å². The molecule has 1 aliphatic heterocycles. The summed E-state index contributed by atoms with van der Waals surface area (Å²) >= 11 is 0. The van der Waals surface area contributed by atoms with Gasteiger partial charge in [0.15, 0.2) is 0 Å². The Morgan fingerprint density at radius 2 is 1.86 bits per heavy atom. The molecule has 0 radical (unpaired) electrons. The molecular formula is C19H23NO. The van der Waals surface area contributed by atoms with E-state index in [1.807, 2.05) is 0 Å². The molecule has 2 fully saturated rings. The molecule has 0 bridgehead atoms. The third kappa shape index (κ3) is 2.27. The third-order valence-electron chi connectivity index (χ3n) is 5.52. The van der Waals surface area contributed by atoms with E-state index in [2.05, 4.69) is 47.8 Å². The largest absolute Gasteiger partial charge is 0.389 e. The smallest absolute Gasteiger partial charge is 0.0706 e. The normalized spacial score (nSPS) is 32.8. The van der Waals surface area contributed by atoms with E-state index in [1.54, 1.807) is 0 Å². The van der Waals surface area contributed by atoms with Crippen LogP contribution in [0.2, 0.25) is 0 Å². The summed E-state index contributed by atoms with van der Waals surface area (Å²) in [4.78, 5) is 0. The second kappa shape index (κ2) is 5.11. The van der Waals surface area contributed by atoms with Gasteiger partial charge in [0.25, 0.3) is 0 Å². The highest BCUT2D eigenvalue weighted by molar-refractivity contribution is 5.83. The topological polar surface area (TPSA) is 32.3 Å². The molecule has 1 saturated carbocycles. The van der Waals surface area contributed by atoms with Crippen LogP contribution < -0.4 is 5.32 Å². The van der Waals surface area contributed by atoms with E-state index in [-0.39, 0.29) is 0 Å². The monoisotopic (exact) mass is 281 g/mol. The zero-order chi connectivity index (χ0) is 14.3. The van der Waals surface area contributed by atoms with Crippen molar-refractivity contribution in [3.05, 3.63) is 48.0 Å². The van der Waals surface area contributed by atoms with E-state index >= 15 is 0 Å². The maximum Gasteiger partial charge on any atom is 0.0706 e. The highest BCUT2D eigenvalue weighted by atomic mass is 16.3. The average molecular weight is 281 g/mol. The van der Waals surface area contributed by atoms with Crippen molar-refractivity contribution in [1.29, 1.82) is 0 Å². The number of hydrogen-bond acceptors (Lipinski definition) is 2. The van der Waals surface area contributed by atoms with Crippen molar-refractivity contribution in [3.63, 3.8) is 0 Å². The van der Waals surface area contributed by atoms with Crippen LogP contribution >= 0.6 is 0 Å². The zero-order valence-corrected chi connectivity index (χ0v) is 12.4. The average Bonchev–Trinajstić information content (AvgIpc) is 2.53. The molecule has 4 rings (SSSR count). The minimum atomic E-state index is -0.445. The summed E-state index contributed by atoms with van der Waals surface area (Å²) in [6, 6.07) is 15.6. The van der Waals surface area contributed by atoms with Crippen LogP contribution in [0.5, 0.6) is 0 Å². The summed E-state index contributed by atoms with van der Waals surface area (Å²) < 4.78 is 0. The Morgan fingerprint density at radius 1 is 1.00 bits per heavy atom. The maximum absolute atomic E-state index is 11.0. The molecule has 0 spiro atoms. The summed E-state index contributed by atoms with van der Waals surface area (Å²) in [7, 11) is 0. The van der Waals surface area contributed by atoms with Crippen LogP contribution in [0.4, 0.5) is 0 Å². The molecule has 1 heterocycles. The third-order valence-corrected chi connectivity index (χ3v) is 5.52. The molecule has 0 unspecified atom stereocenters. The highest BCUT2D eigenvalue weighted by Gasteiger charge is 2.45. The van der Waals surface area contributed by atoms with Gasteiger partial charge in [0, 0.05) is 12.0 Å². The van der Waals surface area contributed by atoms with E-state index in [9.17, 15) is 5.11 Å². The Balaban J connectivity index is 1.72. The Bertz CT molecular complexity index is 649. The minimum Gasteiger partial charge on any atom is -0.389 e. The zero-order valence-electron chi connectivity index (χ0n) is 12.4. The second-order valence-electron chi connectivity index (χ2n) is 6.74. The van der Waals surface area contributed by atoms with Crippen LogP contribution in [0.15, 0.2) is 42.5 Å². The van der Waals surface area contributed by atoms with Crippen LogP contribution in [-0.2, 0) is 0 Å². The summed E-state index contributed by atoms with van der Waals surface area (Å²) in [5.74, 6) is 0.362. The lowest BCUT2D eigenvalue weighted by molar-refractivity contribution is -0.0861. The van der Waals surface area contributed by atoms with Crippen molar-refractivity contribution in [2.45, 2.75) is 43.7 Å². The number of benzene rings is 2. The molecule has 2 aliphatic rings. The Hall–Kier alpha value is -1.38. The molecule has 2 heteroatoms. The van der Waals surface area contributed by atoms with Gasteiger partial charge in [-0.25, -0.2) is 0 Å². The van der Waals surface area contributed by atoms with E-state index in [0.29, 0.717) is 12.0 Å². The molecule has 2 N–H and O–H groups in total. The van der Waals surface area contributed by atoms with Crippen LogP contribution in [-0.4, -0.2) is 17.3 Å². The number of nitrogens with one attached hydrogen (secondary N) is 1. The van der Waals surface area contributed by atoms with E-state index < -0.39 is 5.60 Å². The molecule has 0 amide bonds. The van der Waals surface area contributed by atoms with Gasteiger partial charge in [-0.05, 0) is 48.2 Å². The molecule has 2 nitrogen and oxygen atoms in total. The first-order valence-corrected chi connectivity index (χ1v) is 8.21. The Labute approximate surface area is 126 Å². The first-order chi connectivity index (χ1) is 10.3. The van der Waals surface area contributed by atoms with Gasteiger partial charge in [0.1, 0.15) is 0 Å². The second-order valence-corrected chi connectivity index (χ2v) is 6.74. The lowest BCUT2D eigenvalue weighted by Crippen LogP contribution is -2.53. The van der Waals surface area contributed by atoms with Crippen molar-refractivity contribution in [2.75, 3.05) is 6.54 Å². The summed E-state index contributed by atoms with van der Waals surface area (Å²) in [6.07, 6.45) is 5.45.